The van der Waals surface area contributed by atoms with Crippen molar-refractivity contribution >= 4 is 34.8 Å². The quantitative estimate of drug-likeness (QED) is 0.830. The van der Waals surface area contributed by atoms with Crippen molar-refractivity contribution in [3.8, 4) is 5.75 Å². The van der Waals surface area contributed by atoms with Gasteiger partial charge in [0.05, 0.1) is 10.8 Å². The molecule has 0 atom stereocenters. The summed E-state index contributed by atoms with van der Waals surface area (Å²) >= 11 is 7.26. The molecule has 0 unspecified atom stereocenters. The van der Waals surface area contributed by atoms with Gasteiger partial charge in [-0.1, -0.05) is 23.7 Å². The van der Waals surface area contributed by atoms with E-state index in [9.17, 15) is 9.59 Å². The largest absolute Gasteiger partial charge is 0.482 e. The second-order valence-corrected chi connectivity index (χ2v) is 6.76. The molecule has 2 rings (SSSR count). The molecule has 0 saturated heterocycles. The van der Waals surface area contributed by atoms with Crippen LogP contribution in [0.2, 0.25) is 4.34 Å². The molecule has 1 heterocycles. The van der Waals surface area contributed by atoms with Crippen LogP contribution >= 0.6 is 22.9 Å². The van der Waals surface area contributed by atoms with Crippen LogP contribution in [-0.4, -0.2) is 35.5 Å². The van der Waals surface area contributed by atoms with Gasteiger partial charge in [0.15, 0.2) is 6.61 Å². The molecule has 1 N–H and O–H groups in total. The molecule has 23 heavy (non-hydrogen) atoms. The number of ether oxygens (including phenoxy) is 1. The number of amides is 1. The molecular formula is C16H16ClNO4S. The molecule has 0 aliphatic heterocycles. The van der Waals surface area contributed by atoms with Gasteiger partial charge in [0.2, 0.25) is 5.91 Å². The minimum absolute atomic E-state index is 0.00900. The first-order valence-corrected chi connectivity index (χ1v) is 8.05. The van der Waals surface area contributed by atoms with Crippen molar-refractivity contribution in [2.24, 2.45) is 0 Å². The molecule has 0 fully saturated rings. The average molecular weight is 354 g/mol. The highest BCUT2D eigenvalue weighted by atomic mass is 35.5. The summed E-state index contributed by atoms with van der Waals surface area (Å²) in [6.45, 7) is 0.0955. The zero-order valence-corrected chi connectivity index (χ0v) is 14.1. The maximum absolute atomic E-state index is 12.2. The number of halogens is 1. The molecule has 0 bridgehead atoms. The highest BCUT2D eigenvalue weighted by molar-refractivity contribution is 7.16. The Balaban J connectivity index is 1.87. The van der Waals surface area contributed by atoms with E-state index in [2.05, 4.69) is 0 Å². The molecule has 0 spiro atoms. The minimum atomic E-state index is -1.02. The fourth-order valence-electron chi connectivity index (χ4n) is 1.93. The summed E-state index contributed by atoms with van der Waals surface area (Å²) < 4.78 is 5.74. The predicted molar refractivity (Wildman–Crippen MR) is 89.1 cm³/mol. The van der Waals surface area contributed by atoms with Crippen LogP contribution in [0.15, 0.2) is 36.4 Å². The molecular weight excluding hydrogens is 338 g/mol. The Morgan fingerprint density at radius 1 is 1.22 bits per heavy atom. The standard InChI is InChI=1S/C16H16ClNO4S/c1-18(15(19)8-13-6-7-14(17)23-13)9-11-2-4-12(5-3-11)22-10-16(20)21/h2-7H,8-10H2,1H3,(H,20,21). The van der Waals surface area contributed by atoms with Crippen molar-refractivity contribution in [2.75, 3.05) is 13.7 Å². The SMILES string of the molecule is CN(Cc1ccc(OCC(=O)O)cc1)C(=O)Cc1ccc(Cl)s1. The molecule has 2 aromatic rings. The van der Waals surface area contributed by atoms with Crippen LogP contribution in [0, 0.1) is 0 Å². The Morgan fingerprint density at radius 2 is 1.91 bits per heavy atom. The number of hydrogen-bond acceptors (Lipinski definition) is 4. The fourth-order valence-corrected chi connectivity index (χ4v) is 3.01. The van der Waals surface area contributed by atoms with E-state index >= 15 is 0 Å². The lowest BCUT2D eigenvalue weighted by molar-refractivity contribution is -0.139. The fraction of sp³-hybridized carbons (Fsp3) is 0.250. The molecule has 1 aromatic heterocycles. The predicted octanol–water partition coefficient (Wildman–Crippen LogP) is 3.07. The number of hydrogen-bond donors (Lipinski definition) is 1. The first-order chi connectivity index (χ1) is 10.9. The van der Waals surface area contributed by atoms with Crippen LogP contribution in [0.25, 0.3) is 0 Å². The van der Waals surface area contributed by atoms with E-state index in [1.807, 2.05) is 18.2 Å². The number of thiophene rings is 1. The summed E-state index contributed by atoms with van der Waals surface area (Å²) in [5.41, 5.74) is 0.938. The summed E-state index contributed by atoms with van der Waals surface area (Å²) in [5.74, 6) is -0.527. The van der Waals surface area contributed by atoms with Crippen LogP contribution < -0.4 is 4.74 Å². The number of carbonyl (C=O) groups is 2. The number of aliphatic carboxylic acids is 1. The van der Waals surface area contributed by atoms with Gasteiger partial charge in [0.1, 0.15) is 5.75 Å². The number of likely N-dealkylation sites (N-methyl/N-ethyl adjacent to an activating group) is 1. The van der Waals surface area contributed by atoms with Crippen LogP contribution in [-0.2, 0) is 22.6 Å². The van der Waals surface area contributed by atoms with Crippen LogP contribution in [0.4, 0.5) is 0 Å². The highest BCUT2D eigenvalue weighted by Crippen LogP contribution is 2.22. The van der Waals surface area contributed by atoms with Gasteiger partial charge >= 0.3 is 5.97 Å². The van der Waals surface area contributed by atoms with Crippen molar-refractivity contribution in [3.05, 3.63) is 51.2 Å². The van der Waals surface area contributed by atoms with Gasteiger partial charge in [-0.25, -0.2) is 4.79 Å². The summed E-state index contributed by atoms with van der Waals surface area (Å²) in [7, 11) is 1.74. The first-order valence-electron chi connectivity index (χ1n) is 6.86. The molecule has 0 radical (unpaired) electrons. The average Bonchev–Trinajstić information content (AvgIpc) is 2.91. The molecule has 0 aliphatic carbocycles. The Hall–Kier alpha value is -2.05. The third-order valence-electron chi connectivity index (χ3n) is 3.09. The maximum Gasteiger partial charge on any atom is 0.341 e. The number of carboxylic acid groups (broad SMARTS) is 1. The van der Waals surface area contributed by atoms with Gasteiger partial charge in [-0.3, -0.25) is 4.79 Å². The van der Waals surface area contributed by atoms with E-state index in [4.69, 9.17) is 21.4 Å². The molecule has 1 aromatic carbocycles. The second kappa shape index (κ2) is 7.99. The van der Waals surface area contributed by atoms with Gasteiger partial charge in [-0.05, 0) is 29.8 Å². The van der Waals surface area contributed by atoms with Crippen LogP contribution in [0.5, 0.6) is 5.75 Å². The van der Waals surface area contributed by atoms with Crippen LogP contribution in [0.1, 0.15) is 10.4 Å². The number of carboxylic acids is 1. The van der Waals surface area contributed by atoms with Gasteiger partial charge in [-0.2, -0.15) is 0 Å². The third kappa shape index (κ3) is 5.58. The van der Waals surface area contributed by atoms with E-state index in [-0.39, 0.29) is 12.5 Å². The monoisotopic (exact) mass is 353 g/mol. The third-order valence-corrected chi connectivity index (χ3v) is 4.32. The maximum atomic E-state index is 12.2. The number of rotatable bonds is 7. The molecule has 1 amide bonds. The van der Waals surface area contributed by atoms with Crippen molar-refractivity contribution in [2.45, 2.75) is 13.0 Å². The Kier molecular flexibility index (Phi) is 6.01. The lowest BCUT2D eigenvalue weighted by Crippen LogP contribution is -2.27. The van der Waals surface area contributed by atoms with Gasteiger partial charge in [-0.15, -0.1) is 11.3 Å². The smallest absolute Gasteiger partial charge is 0.341 e. The molecule has 7 heteroatoms. The molecule has 0 aliphatic rings. The van der Waals surface area contributed by atoms with Crippen molar-refractivity contribution in [1.29, 1.82) is 0 Å². The lowest BCUT2D eigenvalue weighted by atomic mass is 10.2. The number of carbonyl (C=O) groups excluding carboxylic acids is 1. The van der Waals surface area contributed by atoms with E-state index < -0.39 is 5.97 Å². The van der Waals surface area contributed by atoms with Gasteiger partial charge < -0.3 is 14.7 Å². The summed E-state index contributed by atoms with van der Waals surface area (Å²) in [6, 6.07) is 10.6. The zero-order valence-electron chi connectivity index (χ0n) is 12.5. The normalized spacial score (nSPS) is 10.3. The van der Waals surface area contributed by atoms with Crippen LogP contribution in [0.3, 0.4) is 0 Å². The van der Waals surface area contributed by atoms with E-state index in [0.29, 0.717) is 23.1 Å². The number of benzene rings is 1. The van der Waals surface area contributed by atoms with E-state index in [0.717, 1.165) is 10.4 Å². The summed E-state index contributed by atoms with van der Waals surface area (Å²) in [6.07, 6.45) is 0.327. The van der Waals surface area contributed by atoms with E-state index in [1.54, 1.807) is 30.1 Å². The Labute approximate surface area is 143 Å². The topological polar surface area (TPSA) is 66.8 Å². The zero-order chi connectivity index (χ0) is 16.8. The Morgan fingerprint density at radius 3 is 2.48 bits per heavy atom. The minimum Gasteiger partial charge on any atom is -0.482 e. The summed E-state index contributed by atoms with van der Waals surface area (Å²) in [4.78, 5) is 25.2. The lowest BCUT2D eigenvalue weighted by Gasteiger charge is -2.17. The van der Waals surface area contributed by atoms with Gasteiger partial charge in [0.25, 0.3) is 0 Å². The molecule has 5 nitrogen and oxygen atoms in total. The molecule has 0 saturated carbocycles. The van der Waals surface area contributed by atoms with Crippen molar-refractivity contribution in [1.82, 2.24) is 4.90 Å². The highest BCUT2D eigenvalue weighted by Gasteiger charge is 2.12. The summed E-state index contributed by atoms with van der Waals surface area (Å²) in [5, 5.41) is 8.56. The second-order valence-electron chi connectivity index (χ2n) is 4.96. The first kappa shape index (κ1) is 17.3. The Bertz CT molecular complexity index is 684. The van der Waals surface area contributed by atoms with Gasteiger partial charge in [0, 0.05) is 18.5 Å². The van der Waals surface area contributed by atoms with E-state index in [1.165, 1.54) is 11.3 Å². The van der Waals surface area contributed by atoms with Crippen molar-refractivity contribution < 1.29 is 19.4 Å². The van der Waals surface area contributed by atoms with Crippen molar-refractivity contribution in [3.63, 3.8) is 0 Å². The molecule has 122 valence electrons. The number of nitrogens with zero attached hydrogens (tertiary/aromatic N) is 1.